The van der Waals surface area contributed by atoms with E-state index >= 15 is 0 Å². The summed E-state index contributed by atoms with van der Waals surface area (Å²) in [5, 5.41) is 9.44. The van der Waals surface area contributed by atoms with Gasteiger partial charge in [0.2, 0.25) is 10.0 Å². The van der Waals surface area contributed by atoms with Gasteiger partial charge in [-0.1, -0.05) is 25.8 Å². The van der Waals surface area contributed by atoms with E-state index in [1.54, 1.807) is 0 Å². The summed E-state index contributed by atoms with van der Waals surface area (Å²) < 4.78 is 26.0. The quantitative estimate of drug-likeness (QED) is 0.713. The summed E-state index contributed by atoms with van der Waals surface area (Å²) in [6, 6.07) is 0. The normalized spacial score (nSPS) is 31.2. The molecule has 16 heavy (non-hydrogen) atoms. The van der Waals surface area contributed by atoms with Crippen LogP contribution in [0.25, 0.3) is 0 Å². The molecule has 0 saturated heterocycles. The fraction of sp³-hybridized carbons (Fsp3) is 0.818. The van der Waals surface area contributed by atoms with Crippen LogP contribution in [0.1, 0.15) is 32.6 Å². The molecule has 0 radical (unpaired) electrons. The molecule has 94 valence electrons. The van der Waals surface area contributed by atoms with Crippen molar-refractivity contribution in [1.29, 1.82) is 0 Å². The fourth-order valence-corrected chi connectivity index (χ4v) is 3.76. The largest absolute Gasteiger partial charge is 0.394 e. The molecule has 0 amide bonds. The van der Waals surface area contributed by atoms with Gasteiger partial charge in [-0.15, -0.1) is 6.58 Å². The Kier molecular flexibility index (Phi) is 4.52. The van der Waals surface area contributed by atoms with Crippen LogP contribution >= 0.6 is 0 Å². The van der Waals surface area contributed by atoms with E-state index in [4.69, 9.17) is 0 Å². The first-order chi connectivity index (χ1) is 7.43. The van der Waals surface area contributed by atoms with Gasteiger partial charge in [0, 0.05) is 0 Å². The second kappa shape index (κ2) is 5.29. The van der Waals surface area contributed by atoms with E-state index in [9.17, 15) is 13.5 Å². The highest BCUT2D eigenvalue weighted by Crippen LogP contribution is 2.32. The van der Waals surface area contributed by atoms with Crippen LogP contribution in [0.4, 0.5) is 0 Å². The van der Waals surface area contributed by atoms with Gasteiger partial charge in [0.25, 0.3) is 0 Å². The van der Waals surface area contributed by atoms with E-state index in [2.05, 4.69) is 18.2 Å². The van der Waals surface area contributed by atoms with E-state index in [0.717, 1.165) is 12.8 Å². The summed E-state index contributed by atoms with van der Waals surface area (Å²) in [6.07, 6.45) is 4.84. The zero-order valence-electron chi connectivity index (χ0n) is 9.78. The van der Waals surface area contributed by atoms with Crippen LogP contribution < -0.4 is 4.72 Å². The number of nitrogens with one attached hydrogen (secondary N) is 1. The van der Waals surface area contributed by atoms with Crippen molar-refractivity contribution in [2.75, 3.05) is 12.4 Å². The van der Waals surface area contributed by atoms with Crippen molar-refractivity contribution in [1.82, 2.24) is 4.72 Å². The minimum absolute atomic E-state index is 0.0941. The van der Waals surface area contributed by atoms with E-state index in [-0.39, 0.29) is 12.4 Å². The number of sulfonamides is 1. The molecule has 0 spiro atoms. The Labute approximate surface area is 97.8 Å². The molecule has 1 aliphatic rings. The monoisotopic (exact) mass is 247 g/mol. The first-order valence-electron chi connectivity index (χ1n) is 5.66. The van der Waals surface area contributed by atoms with Gasteiger partial charge in [-0.25, -0.2) is 13.1 Å². The van der Waals surface area contributed by atoms with Gasteiger partial charge in [-0.3, -0.25) is 0 Å². The minimum atomic E-state index is -3.35. The molecule has 1 saturated carbocycles. The molecule has 2 N–H and O–H groups in total. The van der Waals surface area contributed by atoms with Gasteiger partial charge in [0.05, 0.1) is 17.9 Å². The summed E-state index contributed by atoms with van der Waals surface area (Å²) in [6.45, 7) is 5.38. The maximum absolute atomic E-state index is 11.7. The van der Waals surface area contributed by atoms with Crippen LogP contribution in [-0.4, -0.2) is 31.4 Å². The number of aliphatic hydroxyl groups excluding tert-OH is 1. The molecule has 0 aliphatic heterocycles. The number of hydrogen-bond donors (Lipinski definition) is 2. The molecular formula is C11H21NO3S. The lowest BCUT2D eigenvalue weighted by Gasteiger charge is -2.38. The van der Waals surface area contributed by atoms with Gasteiger partial charge in [0.1, 0.15) is 0 Å². The third-order valence-electron chi connectivity index (χ3n) is 3.10. The minimum Gasteiger partial charge on any atom is -0.394 e. The Morgan fingerprint density at radius 2 is 2.31 bits per heavy atom. The molecule has 1 rings (SSSR count). The van der Waals surface area contributed by atoms with Crippen molar-refractivity contribution in [2.24, 2.45) is 5.92 Å². The third-order valence-corrected chi connectivity index (χ3v) is 4.52. The Morgan fingerprint density at radius 3 is 2.81 bits per heavy atom. The van der Waals surface area contributed by atoms with E-state index in [1.165, 1.54) is 6.08 Å². The average Bonchev–Trinajstić information content (AvgIpc) is 2.16. The molecule has 2 atom stereocenters. The second-order valence-electron chi connectivity index (χ2n) is 4.81. The maximum Gasteiger partial charge on any atom is 0.215 e. The van der Waals surface area contributed by atoms with Crippen molar-refractivity contribution >= 4 is 10.0 Å². The third kappa shape index (κ3) is 3.57. The van der Waals surface area contributed by atoms with Gasteiger partial charge < -0.3 is 5.11 Å². The lowest BCUT2D eigenvalue weighted by Crippen LogP contribution is -2.54. The van der Waals surface area contributed by atoms with Gasteiger partial charge in [-0.2, -0.15) is 0 Å². The van der Waals surface area contributed by atoms with Crippen LogP contribution in [-0.2, 0) is 10.0 Å². The SMILES string of the molecule is C=CCS(=O)(=O)NC1(CO)CCCC(C)C1. The Balaban J connectivity index is 2.77. The lowest BCUT2D eigenvalue weighted by atomic mass is 9.78. The van der Waals surface area contributed by atoms with Crippen LogP contribution in [0.3, 0.4) is 0 Å². The zero-order valence-corrected chi connectivity index (χ0v) is 10.6. The van der Waals surface area contributed by atoms with Crippen LogP contribution in [0.5, 0.6) is 0 Å². The molecule has 0 aromatic heterocycles. The Morgan fingerprint density at radius 1 is 1.62 bits per heavy atom. The predicted molar refractivity (Wildman–Crippen MR) is 64.6 cm³/mol. The highest BCUT2D eigenvalue weighted by Gasteiger charge is 2.37. The summed E-state index contributed by atoms with van der Waals surface area (Å²) in [5.74, 6) is 0.357. The lowest BCUT2D eigenvalue weighted by molar-refractivity contribution is 0.120. The first-order valence-corrected chi connectivity index (χ1v) is 7.32. The number of aliphatic hydroxyl groups is 1. The second-order valence-corrected chi connectivity index (χ2v) is 6.58. The number of hydrogen-bond acceptors (Lipinski definition) is 3. The van der Waals surface area contributed by atoms with Crippen molar-refractivity contribution in [2.45, 2.75) is 38.1 Å². The maximum atomic E-state index is 11.7. The van der Waals surface area contributed by atoms with Crippen LogP contribution in [0.2, 0.25) is 0 Å². The molecule has 2 unspecified atom stereocenters. The van der Waals surface area contributed by atoms with Crippen LogP contribution in [0, 0.1) is 5.92 Å². The van der Waals surface area contributed by atoms with E-state index < -0.39 is 15.6 Å². The van der Waals surface area contributed by atoms with Crippen molar-refractivity contribution in [3.8, 4) is 0 Å². The smallest absolute Gasteiger partial charge is 0.215 e. The summed E-state index contributed by atoms with van der Waals surface area (Å²) in [4.78, 5) is 0. The molecule has 0 heterocycles. The predicted octanol–water partition coefficient (Wildman–Crippen LogP) is 1.03. The summed E-state index contributed by atoms with van der Waals surface area (Å²) >= 11 is 0. The molecular weight excluding hydrogens is 226 g/mol. The standard InChI is InChI=1S/C11H21NO3S/c1-3-7-16(14,15)12-11(9-13)6-4-5-10(2)8-11/h3,10,12-13H,1,4-9H2,2H3. The molecule has 0 bridgehead atoms. The van der Waals surface area contributed by atoms with E-state index in [0.29, 0.717) is 18.8 Å². The summed E-state index contributed by atoms with van der Waals surface area (Å²) in [7, 11) is -3.35. The van der Waals surface area contributed by atoms with Gasteiger partial charge >= 0.3 is 0 Å². The zero-order chi connectivity index (χ0) is 12.2. The molecule has 0 aromatic carbocycles. The highest BCUT2D eigenvalue weighted by molar-refractivity contribution is 7.89. The molecule has 4 nitrogen and oxygen atoms in total. The molecule has 0 aromatic rings. The Bertz CT molecular complexity index is 339. The molecule has 1 aliphatic carbocycles. The summed E-state index contributed by atoms with van der Waals surface area (Å²) in [5.41, 5.74) is -0.653. The molecule has 5 heteroatoms. The Hall–Kier alpha value is -0.390. The van der Waals surface area contributed by atoms with Crippen molar-refractivity contribution in [3.05, 3.63) is 12.7 Å². The van der Waals surface area contributed by atoms with Gasteiger partial charge in [0.15, 0.2) is 0 Å². The number of rotatable bonds is 5. The van der Waals surface area contributed by atoms with E-state index in [1.807, 2.05) is 0 Å². The first kappa shape index (κ1) is 13.7. The topological polar surface area (TPSA) is 66.4 Å². The fourth-order valence-electron chi connectivity index (χ4n) is 2.46. The highest BCUT2D eigenvalue weighted by atomic mass is 32.2. The van der Waals surface area contributed by atoms with Crippen molar-refractivity contribution in [3.63, 3.8) is 0 Å². The van der Waals surface area contributed by atoms with Crippen LogP contribution in [0.15, 0.2) is 12.7 Å². The van der Waals surface area contributed by atoms with Gasteiger partial charge in [-0.05, 0) is 18.8 Å². The van der Waals surface area contributed by atoms with Crippen molar-refractivity contribution < 1.29 is 13.5 Å². The average molecular weight is 247 g/mol. The molecule has 1 fully saturated rings.